The van der Waals surface area contributed by atoms with Crippen molar-refractivity contribution in [1.29, 1.82) is 0 Å². The molecule has 0 radical (unpaired) electrons. The van der Waals surface area contributed by atoms with E-state index in [0.29, 0.717) is 0 Å². The first-order chi connectivity index (χ1) is 19.8. The van der Waals surface area contributed by atoms with Gasteiger partial charge >= 0.3 is 0 Å². The SMILES string of the molecule is c1ccc2cc3c(cc2c1)nc1n3c2cc3c4ccccc4oc3c3c2n1c1nc2cc4ccccc4cc2n31. The van der Waals surface area contributed by atoms with Crippen molar-refractivity contribution in [3.8, 4) is 0 Å². The topological polar surface area (TPSA) is 52.2 Å². The molecule has 0 aliphatic rings. The second kappa shape index (κ2) is 6.33. The van der Waals surface area contributed by atoms with Gasteiger partial charge in [-0.1, -0.05) is 66.7 Å². The summed E-state index contributed by atoms with van der Waals surface area (Å²) >= 11 is 0. The third-order valence-corrected chi connectivity index (χ3v) is 8.69. The number of nitrogens with zero attached hydrogens (tertiary/aromatic N) is 5. The van der Waals surface area contributed by atoms with Crippen molar-refractivity contribution in [3.63, 3.8) is 0 Å². The quantitative estimate of drug-likeness (QED) is 0.206. The molecule has 0 spiro atoms. The molecule has 11 aromatic rings. The monoisotopic (exact) mass is 511 g/mol. The van der Waals surface area contributed by atoms with Crippen LogP contribution >= 0.6 is 0 Å². The van der Waals surface area contributed by atoms with E-state index < -0.39 is 0 Å². The lowest BCUT2D eigenvalue weighted by Gasteiger charge is -2.02. The zero-order chi connectivity index (χ0) is 25.7. The maximum atomic E-state index is 6.60. The Morgan fingerprint density at radius 1 is 0.475 bits per heavy atom. The number of aromatic nitrogens is 5. The molecule has 40 heavy (non-hydrogen) atoms. The summed E-state index contributed by atoms with van der Waals surface area (Å²) in [6, 6.07) is 36.4. The molecule has 0 saturated heterocycles. The summed E-state index contributed by atoms with van der Waals surface area (Å²) in [5.74, 6) is 1.70. The van der Waals surface area contributed by atoms with Crippen molar-refractivity contribution < 1.29 is 4.42 Å². The summed E-state index contributed by atoms with van der Waals surface area (Å²) in [6.07, 6.45) is 0. The van der Waals surface area contributed by atoms with Gasteiger partial charge in [-0.15, -0.1) is 0 Å². The molecule has 5 heterocycles. The Kier molecular flexibility index (Phi) is 3.08. The second-order valence-corrected chi connectivity index (χ2v) is 10.8. The van der Waals surface area contributed by atoms with Gasteiger partial charge in [0, 0.05) is 10.8 Å². The predicted molar refractivity (Wildman–Crippen MR) is 161 cm³/mol. The van der Waals surface area contributed by atoms with Crippen LogP contribution in [0.1, 0.15) is 0 Å². The molecule has 0 atom stereocenters. The first-order valence-corrected chi connectivity index (χ1v) is 13.4. The number of rotatable bonds is 0. The van der Waals surface area contributed by atoms with Crippen molar-refractivity contribution in [2.45, 2.75) is 0 Å². The van der Waals surface area contributed by atoms with E-state index in [1.54, 1.807) is 0 Å². The van der Waals surface area contributed by atoms with Crippen LogP contribution in [0.4, 0.5) is 0 Å². The van der Waals surface area contributed by atoms with Gasteiger partial charge < -0.3 is 4.42 Å². The normalized spacial score (nSPS) is 13.0. The Balaban J connectivity index is 1.47. The number of furan rings is 1. The smallest absolute Gasteiger partial charge is 0.223 e. The van der Waals surface area contributed by atoms with Crippen molar-refractivity contribution in [3.05, 3.63) is 103 Å². The number of hydrogen-bond donors (Lipinski definition) is 0. The van der Waals surface area contributed by atoms with Gasteiger partial charge in [0.05, 0.1) is 27.6 Å². The molecule has 0 amide bonds. The lowest BCUT2D eigenvalue weighted by Crippen LogP contribution is -1.88. The minimum Gasteiger partial charge on any atom is -0.454 e. The summed E-state index contributed by atoms with van der Waals surface area (Å²) in [6.45, 7) is 0. The van der Waals surface area contributed by atoms with Gasteiger partial charge in [0.15, 0.2) is 5.58 Å². The number of imidazole rings is 4. The van der Waals surface area contributed by atoms with Crippen LogP contribution in [0.5, 0.6) is 0 Å². The van der Waals surface area contributed by atoms with Gasteiger partial charge in [-0.3, -0.25) is 8.80 Å². The third kappa shape index (κ3) is 2.09. The lowest BCUT2D eigenvalue weighted by molar-refractivity contribution is 0.671. The molecule has 11 rings (SSSR count). The number of fused-ring (bicyclic) bond motifs is 16. The molecule has 5 aromatic heterocycles. The summed E-state index contributed by atoms with van der Waals surface area (Å²) < 4.78 is 13.4. The van der Waals surface area contributed by atoms with Gasteiger partial charge in [-0.25, -0.2) is 14.4 Å². The molecular weight excluding hydrogens is 494 g/mol. The van der Waals surface area contributed by atoms with E-state index in [9.17, 15) is 0 Å². The molecule has 0 saturated carbocycles. The van der Waals surface area contributed by atoms with Crippen LogP contribution in [-0.2, 0) is 0 Å². The molecular formula is C34H17N5O. The summed E-state index contributed by atoms with van der Waals surface area (Å²) in [4.78, 5) is 10.4. The van der Waals surface area contributed by atoms with Gasteiger partial charge in [0.2, 0.25) is 11.6 Å². The van der Waals surface area contributed by atoms with Crippen molar-refractivity contribution >= 4 is 93.7 Å². The maximum absolute atomic E-state index is 6.60. The summed E-state index contributed by atoms with van der Waals surface area (Å²) in [5, 5.41) is 6.94. The van der Waals surface area contributed by atoms with Crippen LogP contribution in [0.15, 0.2) is 108 Å². The molecule has 0 aliphatic carbocycles. The van der Waals surface area contributed by atoms with Crippen LogP contribution in [0.3, 0.4) is 0 Å². The predicted octanol–water partition coefficient (Wildman–Crippen LogP) is 8.34. The molecule has 0 bridgehead atoms. The van der Waals surface area contributed by atoms with Gasteiger partial charge in [0.1, 0.15) is 16.6 Å². The first-order valence-electron chi connectivity index (χ1n) is 13.4. The average molecular weight is 512 g/mol. The van der Waals surface area contributed by atoms with Crippen molar-refractivity contribution in [2.75, 3.05) is 0 Å². The largest absolute Gasteiger partial charge is 0.454 e. The fourth-order valence-electron chi connectivity index (χ4n) is 6.97. The number of benzene rings is 6. The highest BCUT2D eigenvalue weighted by Crippen LogP contribution is 2.42. The van der Waals surface area contributed by atoms with E-state index in [0.717, 1.165) is 72.1 Å². The zero-order valence-corrected chi connectivity index (χ0v) is 21.0. The molecule has 6 aromatic carbocycles. The van der Waals surface area contributed by atoms with Crippen LogP contribution < -0.4 is 0 Å². The van der Waals surface area contributed by atoms with Crippen LogP contribution in [-0.4, -0.2) is 23.2 Å². The lowest BCUT2D eigenvalue weighted by atomic mass is 10.1. The van der Waals surface area contributed by atoms with E-state index in [1.165, 1.54) is 21.5 Å². The Morgan fingerprint density at radius 2 is 1.05 bits per heavy atom. The highest BCUT2D eigenvalue weighted by molar-refractivity contribution is 6.21. The van der Waals surface area contributed by atoms with E-state index in [4.69, 9.17) is 14.4 Å². The number of hydrogen-bond acceptors (Lipinski definition) is 3. The van der Waals surface area contributed by atoms with E-state index >= 15 is 0 Å². The Bertz CT molecular complexity index is 2880. The van der Waals surface area contributed by atoms with Crippen molar-refractivity contribution in [1.82, 2.24) is 23.2 Å². The molecule has 0 fully saturated rings. The highest BCUT2D eigenvalue weighted by Gasteiger charge is 2.27. The third-order valence-electron chi connectivity index (χ3n) is 8.69. The van der Waals surface area contributed by atoms with E-state index in [-0.39, 0.29) is 0 Å². The van der Waals surface area contributed by atoms with E-state index in [2.05, 4.69) is 104 Å². The molecule has 6 nitrogen and oxygen atoms in total. The fraction of sp³-hybridized carbons (Fsp3) is 0. The number of para-hydroxylation sites is 1. The van der Waals surface area contributed by atoms with Gasteiger partial charge in [0.25, 0.3) is 0 Å². The Hall–Kier alpha value is -5.62. The van der Waals surface area contributed by atoms with E-state index in [1.807, 2.05) is 12.1 Å². The summed E-state index contributed by atoms with van der Waals surface area (Å²) in [5.41, 5.74) is 9.02. The highest BCUT2D eigenvalue weighted by atomic mass is 16.3. The summed E-state index contributed by atoms with van der Waals surface area (Å²) in [7, 11) is 0. The second-order valence-electron chi connectivity index (χ2n) is 10.8. The minimum atomic E-state index is 0.841. The Labute approximate surface area is 224 Å². The molecule has 0 N–H and O–H groups in total. The van der Waals surface area contributed by atoms with Gasteiger partial charge in [-0.05, 0) is 57.9 Å². The average Bonchev–Trinajstić information content (AvgIpc) is 3.76. The maximum Gasteiger partial charge on any atom is 0.223 e. The minimum absolute atomic E-state index is 0.841. The van der Waals surface area contributed by atoms with Crippen molar-refractivity contribution in [2.24, 2.45) is 0 Å². The first kappa shape index (κ1) is 19.4. The zero-order valence-electron chi connectivity index (χ0n) is 21.0. The van der Waals surface area contributed by atoms with Gasteiger partial charge in [-0.2, -0.15) is 0 Å². The molecule has 0 aliphatic heterocycles. The van der Waals surface area contributed by atoms with Crippen LogP contribution in [0.2, 0.25) is 0 Å². The van der Waals surface area contributed by atoms with Crippen LogP contribution in [0, 0.1) is 0 Å². The molecule has 0 unspecified atom stereocenters. The fourth-order valence-corrected chi connectivity index (χ4v) is 6.97. The molecule has 6 heteroatoms. The Morgan fingerprint density at radius 3 is 1.75 bits per heavy atom. The standard InChI is InChI=1S/C34H17N5O/c1-3-9-20-15-26-24(13-18(20)7-1)35-33-37(26)28-17-23-22-11-5-6-12-29(22)40-32(23)31-30(28)39(33)34-36-25-14-19-8-2-4-10-21(19)16-27(25)38(31)34/h1-17H. The van der Waals surface area contributed by atoms with Crippen LogP contribution in [0.25, 0.3) is 93.7 Å². The molecule has 184 valence electrons.